The zero-order valence-electron chi connectivity index (χ0n) is 23.1. The standard InChI is InChI=1S/C33H38N2O2/c1-7-10-16-34-21(5)28(24-18-20(4)12-14-26(24)34)30-32(36)31(33(30)37)29-22(6)35(17-11-8-2)27-15-13-23(9-3)19-25(27)29/h12-15,18-19H,7-11,16-17H2,1-6H3. The smallest absolute Gasteiger partial charge is 0.213 e. The van der Waals surface area contributed by atoms with Crippen LogP contribution in [0, 0.1) is 13.8 Å². The molecule has 0 radical (unpaired) electrons. The van der Waals surface area contributed by atoms with Crippen molar-refractivity contribution in [2.45, 2.75) is 80.2 Å². The number of benzene rings is 2. The lowest BCUT2D eigenvalue weighted by atomic mass is 9.78. The molecular formula is C33H38N2O2. The Bertz CT molecular complexity index is 1530. The molecule has 2 aliphatic rings. The van der Waals surface area contributed by atoms with Crippen LogP contribution in [0.5, 0.6) is 0 Å². The van der Waals surface area contributed by atoms with E-state index < -0.39 is 0 Å². The summed E-state index contributed by atoms with van der Waals surface area (Å²) in [6.45, 7) is 14.5. The van der Waals surface area contributed by atoms with Crippen LogP contribution >= 0.6 is 0 Å². The van der Waals surface area contributed by atoms with E-state index in [9.17, 15) is 9.90 Å². The minimum Gasteiger partial charge on any atom is -0.871 e. The molecule has 0 saturated carbocycles. The number of aromatic nitrogens is 1. The van der Waals surface area contributed by atoms with E-state index in [0.29, 0.717) is 11.1 Å². The van der Waals surface area contributed by atoms with E-state index in [1.807, 2.05) is 0 Å². The Morgan fingerprint density at radius 1 is 0.892 bits per heavy atom. The predicted molar refractivity (Wildman–Crippen MR) is 151 cm³/mol. The van der Waals surface area contributed by atoms with E-state index in [4.69, 9.17) is 0 Å². The van der Waals surface area contributed by atoms with E-state index in [1.54, 1.807) is 0 Å². The van der Waals surface area contributed by atoms with Crippen molar-refractivity contribution >= 4 is 39.2 Å². The molecule has 5 rings (SSSR count). The number of rotatable bonds is 8. The van der Waals surface area contributed by atoms with Crippen molar-refractivity contribution in [3.05, 3.63) is 75.7 Å². The van der Waals surface area contributed by atoms with Gasteiger partial charge in [-0.25, -0.2) is 0 Å². The molecule has 0 spiro atoms. The molecule has 192 valence electrons. The van der Waals surface area contributed by atoms with Gasteiger partial charge >= 0.3 is 0 Å². The molecule has 1 aliphatic carbocycles. The second kappa shape index (κ2) is 9.81. The molecule has 2 aromatic carbocycles. The van der Waals surface area contributed by atoms with Crippen LogP contribution in [0.4, 0.5) is 5.69 Å². The highest BCUT2D eigenvalue weighted by molar-refractivity contribution is 6.47. The number of unbranched alkanes of at least 4 members (excludes halogenated alkanes) is 2. The molecule has 0 fully saturated rings. The summed E-state index contributed by atoms with van der Waals surface area (Å²) in [6, 6.07) is 12.9. The highest BCUT2D eigenvalue weighted by Crippen LogP contribution is 2.47. The minimum absolute atomic E-state index is 0.108. The van der Waals surface area contributed by atoms with E-state index in [1.165, 1.54) is 5.56 Å². The first-order chi connectivity index (χ1) is 17.8. The largest absolute Gasteiger partial charge is 0.871 e. The first-order valence-electron chi connectivity index (χ1n) is 13.9. The van der Waals surface area contributed by atoms with Crippen LogP contribution < -0.4 is 5.11 Å². The number of allylic oxidation sites excluding steroid dienone is 3. The SMILES string of the molecule is CCCCn1c(C)c(C2=C([O-])/C(=C3/C(C)=[N+](CCCC)c4ccc(C)cc43)C2=O)c2cc(CC)ccc21. The highest BCUT2D eigenvalue weighted by atomic mass is 16.3. The summed E-state index contributed by atoms with van der Waals surface area (Å²) in [7, 11) is 0. The van der Waals surface area contributed by atoms with Gasteiger partial charge in [-0.3, -0.25) is 4.79 Å². The molecule has 0 atom stereocenters. The van der Waals surface area contributed by atoms with Gasteiger partial charge in [-0.1, -0.05) is 57.1 Å². The van der Waals surface area contributed by atoms with Gasteiger partial charge in [0.1, 0.15) is 6.54 Å². The van der Waals surface area contributed by atoms with Gasteiger partial charge in [0.05, 0.1) is 11.1 Å². The van der Waals surface area contributed by atoms with Crippen molar-refractivity contribution in [3.8, 4) is 0 Å². The number of carbonyl (C=O) groups is 1. The van der Waals surface area contributed by atoms with Crippen molar-refractivity contribution in [1.82, 2.24) is 4.57 Å². The van der Waals surface area contributed by atoms with Crippen molar-refractivity contribution in [3.63, 3.8) is 0 Å². The van der Waals surface area contributed by atoms with Gasteiger partial charge in [0, 0.05) is 59.3 Å². The Hall–Kier alpha value is -3.40. The van der Waals surface area contributed by atoms with Crippen LogP contribution in [-0.4, -0.2) is 27.2 Å². The monoisotopic (exact) mass is 494 g/mol. The van der Waals surface area contributed by atoms with Crippen molar-refractivity contribution in [2.24, 2.45) is 0 Å². The second-order valence-electron chi connectivity index (χ2n) is 10.6. The maximum Gasteiger partial charge on any atom is 0.213 e. The number of Topliss-reactive ketones (excluding diaryl/α,β-unsaturated/α-hetero) is 1. The molecule has 1 aromatic heterocycles. The van der Waals surface area contributed by atoms with E-state index in [0.717, 1.165) is 95.5 Å². The van der Waals surface area contributed by atoms with Gasteiger partial charge in [0.2, 0.25) is 5.69 Å². The molecule has 0 N–H and O–H groups in total. The van der Waals surface area contributed by atoms with Crippen LogP contribution in [0.1, 0.15) is 81.3 Å². The summed E-state index contributed by atoms with van der Waals surface area (Å²) in [4.78, 5) is 13.9. The maximum atomic E-state index is 13.9. The molecule has 1 aliphatic heterocycles. The number of hydrogen-bond acceptors (Lipinski definition) is 2. The highest BCUT2D eigenvalue weighted by Gasteiger charge is 2.41. The number of ketones is 1. The third kappa shape index (κ3) is 3.89. The number of hydrogen-bond donors (Lipinski definition) is 0. The maximum absolute atomic E-state index is 13.9. The number of fused-ring (bicyclic) bond motifs is 2. The van der Waals surface area contributed by atoms with E-state index in [-0.39, 0.29) is 11.5 Å². The number of aryl methyl sites for hydroxylation is 3. The third-order valence-electron chi connectivity index (χ3n) is 8.15. The fraction of sp³-hybridized carbons (Fsp3) is 0.394. The molecule has 4 nitrogen and oxygen atoms in total. The fourth-order valence-corrected chi connectivity index (χ4v) is 6.03. The topological polar surface area (TPSA) is 48.1 Å². The zero-order valence-corrected chi connectivity index (χ0v) is 23.1. The first kappa shape index (κ1) is 25.3. The Morgan fingerprint density at radius 2 is 1.65 bits per heavy atom. The summed E-state index contributed by atoms with van der Waals surface area (Å²) in [5, 5.41) is 15.0. The van der Waals surface area contributed by atoms with Crippen LogP contribution in [0.25, 0.3) is 22.0 Å². The lowest BCUT2D eigenvalue weighted by Crippen LogP contribution is -2.31. The number of carbonyl (C=O) groups excluding carboxylic acids is 1. The van der Waals surface area contributed by atoms with Gasteiger partial charge in [-0.15, -0.1) is 0 Å². The Morgan fingerprint density at radius 3 is 2.32 bits per heavy atom. The predicted octanol–water partition coefficient (Wildman–Crippen LogP) is 6.65. The first-order valence-corrected chi connectivity index (χ1v) is 13.9. The van der Waals surface area contributed by atoms with Gasteiger partial charge in [0.15, 0.2) is 11.5 Å². The fourth-order valence-electron chi connectivity index (χ4n) is 6.03. The second-order valence-corrected chi connectivity index (χ2v) is 10.6. The van der Waals surface area contributed by atoms with Crippen LogP contribution in [0.2, 0.25) is 0 Å². The van der Waals surface area contributed by atoms with Crippen LogP contribution in [-0.2, 0) is 17.8 Å². The molecule has 37 heavy (non-hydrogen) atoms. The summed E-state index contributed by atoms with van der Waals surface area (Å²) in [5.41, 5.74) is 10.0. The van der Waals surface area contributed by atoms with E-state index in [2.05, 4.69) is 87.1 Å². The Labute approximate surface area is 220 Å². The summed E-state index contributed by atoms with van der Waals surface area (Å²) < 4.78 is 4.58. The number of nitrogens with zero attached hydrogens (tertiary/aromatic N) is 2. The summed E-state index contributed by atoms with van der Waals surface area (Å²) >= 11 is 0. The molecular weight excluding hydrogens is 456 g/mol. The molecule has 2 heterocycles. The van der Waals surface area contributed by atoms with Gasteiger partial charge < -0.3 is 9.67 Å². The Balaban J connectivity index is 1.73. The van der Waals surface area contributed by atoms with E-state index >= 15 is 0 Å². The molecule has 3 aromatic rings. The summed E-state index contributed by atoms with van der Waals surface area (Å²) in [5.74, 6) is -0.215. The molecule has 0 unspecified atom stereocenters. The average Bonchev–Trinajstić information content (AvgIpc) is 3.31. The zero-order chi connectivity index (χ0) is 26.4. The molecule has 0 saturated heterocycles. The molecule has 0 amide bonds. The van der Waals surface area contributed by atoms with Gasteiger partial charge in [0.25, 0.3) is 0 Å². The van der Waals surface area contributed by atoms with Crippen LogP contribution in [0.15, 0.2) is 47.7 Å². The normalized spacial score (nSPS) is 17.3. The lowest BCUT2D eigenvalue weighted by molar-refractivity contribution is -0.437. The average molecular weight is 495 g/mol. The van der Waals surface area contributed by atoms with Crippen LogP contribution in [0.3, 0.4) is 0 Å². The summed E-state index contributed by atoms with van der Waals surface area (Å²) in [6.07, 6.45) is 5.22. The van der Waals surface area contributed by atoms with Gasteiger partial charge in [-0.05, 0) is 50.5 Å². The molecule has 4 heteroatoms. The lowest BCUT2D eigenvalue weighted by Gasteiger charge is -2.32. The Kier molecular flexibility index (Phi) is 6.70. The van der Waals surface area contributed by atoms with Gasteiger partial charge in [-0.2, -0.15) is 4.58 Å². The molecule has 0 bridgehead atoms. The quantitative estimate of drug-likeness (QED) is 0.260. The van der Waals surface area contributed by atoms with Crippen molar-refractivity contribution < 1.29 is 14.5 Å². The minimum atomic E-state index is -0.108. The van der Waals surface area contributed by atoms with Crippen molar-refractivity contribution in [2.75, 3.05) is 6.54 Å². The van der Waals surface area contributed by atoms with Crippen molar-refractivity contribution in [1.29, 1.82) is 0 Å². The third-order valence-corrected chi connectivity index (χ3v) is 8.15.